The maximum absolute atomic E-state index is 9.33. The molecule has 1 N–H and O–H groups in total. The average molecular weight is 236 g/mol. The number of hydrogen-bond acceptors (Lipinski definition) is 5. The predicted octanol–water partition coefficient (Wildman–Crippen LogP) is 0.453. The summed E-state index contributed by atoms with van der Waals surface area (Å²) in [6, 6.07) is 0. The molecule has 0 aliphatic carbocycles. The minimum atomic E-state index is -0.383. The Morgan fingerprint density at radius 2 is 1.50 bits per heavy atom. The van der Waals surface area contributed by atoms with Crippen LogP contribution in [0.25, 0.3) is 0 Å². The van der Waals surface area contributed by atoms with Gasteiger partial charge in [0, 0.05) is 20.8 Å². The van der Waals surface area contributed by atoms with Crippen molar-refractivity contribution in [1.29, 1.82) is 0 Å². The van der Waals surface area contributed by atoms with Gasteiger partial charge in [-0.15, -0.1) is 0 Å². The highest BCUT2D eigenvalue weighted by molar-refractivity contribution is 4.52. The minimum Gasteiger partial charge on any atom is -0.391 e. The molecule has 0 saturated carbocycles. The molecule has 0 aromatic carbocycles. The largest absolute Gasteiger partial charge is 0.391 e. The number of rotatable bonds is 12. The Kier molecular flexibility index (Phi) is 12.7. The summed E-state index contributed by atoms with van der Waals surface area (Å²) in [5.74, 6) is 0. The topological polar surface area (TPSA) is 57.2 Å². The van der Waals surface area contributed by atoms with Crippen LogP contribution < -0.4 is 0 Å². The van der Waals surface area contributed by atoms with Crippen LogP contribution in [0.1, 0.15) is 12.8 Å². The molecule has 98 valence electrons. The third-order valence-corrected chi connectivity index (χ3v) is 1.99. The maximum Gasteiger partial charge on any atom is 0.0774 e. The summed E-state index contributed by atoms with van der Waals surface area (Å²) < 4.78 is 20.2. The van der Waals surface area contributed by atoms with Gasteiger partial charge in [0.05, 0.1) is 39.1 Å². The van der Waals surface area contributed by atoms with Crippen molar-refractivity contribution >= 4 is 0 Å². The highest BCUT2D eigenvalue weighted by atomic mass is 16.5. The lowest BCUT2D eigenvalue weighted by molar-refractivity contribution is 0.0174. The Bertz CT molecular complexity index is 132. The van der Waals surface area contributed by atoms with E-state index in [1.165, 1.54) is 0 Å². The molecule has 5 heteroatoms. The highest BCUT2D eigenvalue weighted by Gasteiger charge is 2.02. The number of methoxy groups -OCH3 is 2. The lowest BCUT2D eigenvalue weighted by Crippen LogP contribution is -2.15. The molecule has 0 spiro atoms. The van der Waals surface area contributed by atoms with Gasteiger partial charge in [0.25, 0.3) is 0 Å². The first-order valence-electron chi connectivity index (χ1n) is 5.62. The molecule has 16 heavy (non-hydrogen) atoms. The first-order valence-corrected chi connectivity index (χ1v) is 5.62. The van der Waals surface area contributed by atoms with E-state index >= 15 is 0 Å². The van der Waals surface area contributed by atoms with Gasteiger partial charge in [0.1, 0.15) is 0 Å². The Balaban J connectivity index is 2.98. The minimum absolute atomic E-state index is 0.383. The van der Waals surface area contributed by atoms with Crippen molar-refractivity contribution in [3.63, 3.8) is 0 Å². The van der Waals surface area contributed by atoms with Gasteiger partial charge in [-0.05, 0) is 12.8 Å². The quantitative estimate of drug-likeness (QED) is 0.499. The fourth-order valence-corrected chi connectivity index (χ4v) is 1.16. The van der Waals surface area contributed by atoms with Crippen LogP contribution in [0.2, 0.25) is 0 Å². The molecule has 0 amide bonds. The first-order chi connectivity index (χ1) is 7.81. The third-order valence-electron chi connectivity index (χ3n) is 1.99. The lowest BCUT2D eigenvalue weighted by Gasteiger charge is -2.09. The van der Waals surface area contributed by atoms with Crippen molar-refractivity contribution in [3.05, 3.63) is 0 Å². The van der Waals surface area contributed by atoms with Crippen LogP contribution >= 0.6 is 0 Å². The Morgan fingerprint density at radius 1 is 0.875 bits per heavy atom. The Hall–Kier alpha value is -0.200. The van der Waals surface area contributed by atoms with E-state index in [9.17, 15) is 5.11 Å². The molecule has 0 heterocycles. The summed E-state index contributed by atoms with van der Waals surface area (Å²) in [6.07, 6.45) is 1.16. The third kappa shape index (κ3) is 11.9. The predicted molar refractivity (Wildman–Crippen MR) is 60.6 cm³/mol. The van der Waals surface area contributed by atoms with Crippen LogP contribution in [0, 0.1) is 0 Å². The summed E-state index contributed by atoms with van der Waals surface area (Å²) in [7, 11) is 3.22. The molecule has 0 aromatic heterocycles. The molecular weight excluding hydrogens is 212 g/mol. The first kappa shape index (κ1) is 15.8. The Labute approximate surface area is 97.6 Å². The SMILES string of the molecule is COCCOCCOCCCC(O)COC. The van der Waals surface area contributed by atoms with Crippen molar-refractivity contribution in [3.8, 4) is 0 Å². The van der Waals surface area contributed by atoms with Gasteiger partial charge in [0.2, 0.25) is 0 Å². The number of aliphatic hydroxyl groups excluding tert-OH is 1. The smallest absolute Gasteiger partial charge is 0.0774 e. The summed E-state index contributed by atoms with van der Waals surface area (Å²) in [4.78, 5) is 0. The van der Waals surface area contributed by atoms with Crippen LogP contribution in [0.5, 0.6) is 0 Å². The van der Waals surface area contributed by atoms with Gasteiger partial charge in [-0.3, -0.25) is 0 Å². The van der Waals surface area contributed by atoms with E-state index in [-0.39, 0.29) is 6.10 Å². The normalized spacial score (nSPS) is 12.9. The standard InChI is InChI=1S/C11H24O5/c1-13-6-7-16-9-8-15-5-3-4-11(12)10-14-2/h11-12H,3-10H2,1-2H3. The van der Waals surface area contributed by atoms with Crippen LogP contribution in [-0.4, -0.2) is 65.1 Å². The monoisotopic (exact) mass is 236 g/mol. The molecule has 0 bridgehead atoms. The van der Waals surface area contributed by atoms with Crippen LogP contribution in [0.3, 0.4) is 0 Å². The molecule has 1 atom stereocenters. The van der Waals surface area contributed by atoms with Gasteiger partial charge >= 0.3 is 0 Å². The van der Waals surface area contributed by atoms with Crippen molar-refractivity contribution in [2.24, 2.45) is 0 Å². The van der Waals surface area contributed by atoms with Crippen molar-refractivity contribution < 1.29 is 24.1 Å². The molecule has 0 aliphatic heterocycles. The van der Waals surface area contributed by atoms with E-state index in [1.54, 1.807) is 14.2 Å². The average Bonchev–Trinajstić information content (AvgIpc) is 2.27. The van der Waals surface area contributed by atoms with Crippen LogP contribution in [-0.2, 0) is 18.9 Å². The molecule has 5 nitrogen and oxygen atoms in total. The number of hydrogen-bond donors (Lipinski definition) is 1. The highest BCUT2D eigenvalue weighted by Crippen LogP contribution is 1.97. The molecule has 0 aliphatic rings. The summed E-state index contributed by atoms with van der Waals surface area (Å²) in [5, 5.41) is 9.33. The van der Waals surface area contributed by atoms with E-state index in [0.717, 1.165) is 6.42 Å². The van der Waals surface area contributed by atoms with Crippen LogP contribution in [0.4, 0.5) is 0 Å². The van der Waals surface area contributed by atoms with Gasteiger partial charge in [-0.25, -0.2) is 0 Å². The van der Waals surface area contributed by atoms with Crippen molar-refractivity contribution in [2.75, 3.05) is 53.9 Å². The molecule has 0 fully saturated rings. The van der Waals surface area contributed by atoms with Crippen molar-refractivity contribution in [1.82, 2.24) is 0 Å². The van der Waals surface area contributed by atoms with E-state index in [0.29, 0.717) is 46.1 Å². The van der Waals surface area contributed by atoms with E-state index in [4.69, 9.17) is 18.9 Å². The Morgan fingerprint density at radius 3 is 2.12 bits per heavy atom. The second-order valence-corrected chi connectivity index (χ2v) is 3.47. The number of ether oxygens (including phenoxy) is 4. The van der Waals surface area contributed by atoms with E-state index < -0.39 is 0 Å². The summed E-state index contributed by atoms with van der Waals surface area (Å²) in [6.45, 7) is 3.43. The van der Waals surface area contributed by atoms with Gasteiger partial charge < -0.3 is 24.1 Å². The van der Waals surface area contributed by atoms with Crippen molar-refractivity contribution in [2.45, 2.75) is 18.9 Å². The maximum atomic E-state index is 9.33. The molecule has 0 saturated heterocycles. The number of aliphatic hydroxyl groups is 1. The second kappa shape index (κ2) is 12.9. The molecule has 0 aromatic rings. The lowest BCUT2D eigenvalue weighted by atomic mass is 10.2. The fraction of sp³-hybridized carbons (Fsp3) is 1.00. The van der Waals surface area contributed by atoms with Gasteiger partial charge in [-0.1, -0.05) is 0 Å². The second-order valence-electron chi connectivity index (χ2n) is 3.47. The fourth-order valence-electron chi connectivity index (χ4n) is 1.16. The van der Waals surface area contributed by atoms with E-state index in [1.807, 2.05) is 0 Å². The molecule has 0 rings (SSSR count). The molecule has 1 unspecified atom stereocenters. The zero-order valence-corrected chi connectivity index (χ0v) is 10.3. The van der Waals surface area contributed by atoms with Gasteiger partial charge in [-0.2, -0.15) is 0 Å². The van der Waals surface area contributed by atoms with Crippen LogP contribution in [0.15, 0.2) is 0 Å². The zero-order chi connectivity index (χ0) is 12.1. The zero-order valence-electron chi connectivity index (χ0n) is 10.3. The van der Waals surface area contributed by atoms with E-state index in [2.05, 4.69) is 0 Å². The molecular formula is C11H24O5. The summed E-state index contributed by atoms with van der Waals surface area (Å²) >= 11 is 0. The van der Waals surface area contributed by atoms with Gasteiger partial charge in [0.15, 0.2) is 0 Å². The molecule has 0 radical (unpaired) electrons. The summed E-state index contributed by atoms with van der Waals surface area (Å²) in [5.41, 5.74) is 0.